The fourth-order valence-corrected chi connectivity index (χ4v) is 1.95. The molecule has 6 heteroatoms. The van der Waals surface area contributed by atoms with Crippen LogP contribution in [0.1, 0.15) is 37.7 Å². The number of rotatable bonds is 6. The molecule has 0 bridgehead atoms. The van der Waals surface area contributed by atoms with Crippen molar-refractivity contribution in [2.75, 3.05) is 20.6 Å². The van der Waals surface area contributed by atoms with Crippen LogP contribution in [0.4, 0.5) is 0 Å². The highest BCUT2D eigenvalue weighted by Gasteiger charge is 2.26. The van der Waals surface area contributed by atoms with Gasteiger partial charge < -0.3 is 10.6 Å². The average molecular weight is 301 g/mol. The van der Waals surface area contributed by atoms with Crippen molar-refractivity contribution in [1.82, 2.24) is 14.7 Å². The number of carbonyl (C=O) groups excluding carboxylic acids is 1. The Morgan fingerprint density at radius 1 is 1.50 bits per heavy atom. The van der Waals surface area contributed by atoms with Crippen molar-refractivity contribution in [2.24, 2.45) is 11.1 Å². The molecule has 0 amide bonds. The molecule has 1 atom stereocenters. The summed E-state index contributed by atoms with van der Waals surface area (Å²) >= 11 is 6.09. The number of carbonyl (C=O) groups is 1. The van der Waals surface area contributed by atoms with Crippen LogP contribution in [0.5, 0.6) is 0 Å². The number of hydrogen-bond acceptors (Lipinski definition) is 4. The summed E-state index contributed by atoms with van der Waals surface area (Å²) in [6.45, 7) is 7.50. The summed E-state index contributed by atoms with van der Waals surface area (Å²) < 4.78 is 1.67. The Morgan fingerprint density at radius 2 is 2.10 bits per heavy atom. The summed E-state index contributed by atoms with van der Waals surface area (Å²) in [5, 5.41) is 4.57. The van der Waals surface area contributed by atoms with E-state index in [4.69, 9.17) is 17.3 Å². The molecular weight excluding hydrogens is 276 g/mol. The largest absolute Gasteiger partial charge is 0.327 e. The van der Waals surface area contributed by atoms with Crippen molar-refractivity contribution < 1.29 is 4.79 Å². The molecule has 0 aliphatic rings. The minimum Gasteiger partial charge on any atom is -0.327 e. The van der Waals surface area contributed by atoms with Gasteiger partial charge in [0.25, 0.3) is 0 Å². The van der Waals surface area contributed by atoms with Crippen LogP contribution in [-0.4, -0.2) is 47.1 Å². The number of halogens is 1. The van der Waals surface area contributed by atoms with Gasteiger partial charge >= 0.3 is 0 Å². The fourth-order valence-electron chi connectivity index (χ4n) is 1.71. The molecule has 1 aromatic rings. The van der Waals surface area contributed by atoms with Crippen LogP contribution >= 0.6 is 11.6 Å². The molecule has 0 spiro atoms. The monoisotopic (exact) mass is 300 g/mol. The molecule has 5 nitrogen and oxygen atoms in total. The molecule has 0 aromatic carbocycles. The maximum Gasteiger partial charge on any atom is 0.183 e. The van der Waals surface area contributed by atoms with Gasteiger partial charge in [0.1, 0.15) is 5.69 Å². The minimum absolute atomic E-state index is 0.0475. The zero-order valence-electron chi connectivity index (χ0n) is 13.0. The lowest BCUT2D eigenvalue weighted by atomic mass is 9.84. The molecule has 114 valence electrons. The van der Waals surface area contributed by atoms with E-state index in [1.165, 1.54) is 6.20 Å². The average Bonchev–Trinajstić information content (AvgIpc) is 2.66. The first-order valence-electron chi connectivity index (χ1n) is 6.77. The molecule has 0 fully saturated rings. The van der Waals surface area contributed by atoms with Crippen LogP contribution in [0.25, 0.3) is 0 Å². The third-order valence-electron chi connectivity index (χ3n) is 3.34. The molecule has 0 saturated heterocycles. The normalized spacial score (nSPS) is 13.8. The summed E-state index contributed by atoms with van der Waals surface area (Å²) in [5.41, 5.74) is 6.43. The first kappa shape index (κ1) is 17.1. The van der Waals surface area contributed by atoms with Crippen LogP contribution in [0, 0.1) is 5.41 Å². The molecular formula is C14H25ClN4O. The first-order valence-corrected chi connectivity index (χ1v) is 7.15. The van der Waals surface area contributed by atoms with E-state index in [2.05, 4.69) is 5.10 Å². The molecule has 2 N–H and O–H groups in total. The van der Waals surface area contributed by atoms with E-state index in [-0.39, 0.29) is 23.7 Å². The second-order valence-corrected chi connectivity index (χ2v) is 6.87. The van der Waals surface area contributed by atoms with E-state index < -0.39 is 0 Å². The van der Waals surface area contributed by atoms with Gasteiger partial charge in [-0.15, -0.1) is 0 Å². The Labute approximate surface area is 126 Å². The van der Waals surface area contributed by atoms with Crippen molar-refractivity contribution in [3.8, 4) is 0 Å². The Morgan fingerprint density at radius 3 is 2.60 bits per heavy atom. The number of nitrogens with two attached hydrogens (primary N) is 1. The predicted octanol–water partition coefficient (Wildman–Crippen LogP) is 2.04. The second-order valence-electron chi connectivity index (χ2n) is 6.47. The van der Waals surface area contributed by atoms with E-state index in [9.17, 15) is 4.79 Å². The van der Waals surface area contributed by atoms with Gasteiger partial charge in [0.2, 0.25) is 0 Å². The van der Waals surface area contributed by atoms with Crippen molar-refractivity contribution in [2.45, 2.75) is 39.8 Å². The highest BCUT2D eigenvalue weighted by atomic mass is 35.5. The first-order chi connectivity index (χ1) is 9.12. The summed E-state index contributed by atoms with van der Waals surface area (Å²) in [7, 11) is 3.95. The van der Waals surface area contributed by atoms with Gasteiger partial charge in [0.15, 0.2) is 5.78 Å². The molecule has 1 heterocycles. The number of likely N-dealkylation sites (N-methyl/N-ethyl adjacent to an activating group) is 1. The topological polar surface area (TPSA) is 64.2 Å². The maximum absolute atomic E-state index is 12.4. The third-order valence-corrected chi connectivity index (χ3v) is 3.61. The zero-order valence-corrected chi connectivity index (χ0v) is 13.7. The summed E-state index contributed by atoms with van der Waals surface area (Å²) in [6, 6.07) is -0.205. The van der Waals surface area contributed by atoms with E-state index in [0.717, 1.165) is 6.54 Å². The second kappa shape index (κ2) is 6.70. The molecule has 20 heavy (non-hydrogen) atoms. The lowest BCUT2D eigenvalue weighted by Gasteiger charge is -2.26. The van der Waals surface area contributed by atoms with E-state index in [0.29, 0.717) is 17.3 Å². The Bertz CT molecular complexity index is 462. The number of aromatic nitrogens is 2. The smallest absolute Gasteiger partial charge is 0.183 e. The third kappa shape index (κ3) is 4.58. The predicted molar refractivity (Wildman–Crippen MR) is 82.2 cm³/mol. The van der Waals surface area contributed by atoms with E-state index >= 15 is 0 Å². The Kier molecular flexibility index (Phi) is 5.74. The molecule has 0 aliphatic carbocycles. The molecule has 1 rings (SSSR count). The standard InChI is InChI=1S/C14H25ClN4O/c1-14(2,3)12(16)8-11(20)13-10(15)9-17-19(13)7-6-18(4)5/h9,12H,6-8,16H2,1-5H3. The van der Waals surface area contributed by atoms with Gasteiger partial charge in [-0.1, -0.05) is 32.4 Å². The molecule has 0 radical (unpaired) electrons. The van der Waals surface area contributed by atoms with Gasteiger partial charge in [0.05, 0.1) is 17.8 Å². The minimum atomic E-state index is -0.205. The summed E-state index contributed by atoms with van der Waals surface area (Å²) in [5.74, 6) is -0.0475. The highest BCUT2D eigenvalue weighted by molar-refractivity contribution is 6.33. The van der Waals surface area contributed by atoms with Gasteiger partial charge in [-0.3, -0.25) is 9.48 Å². The van der Waals surface area contributed by atoms with E-state index in [1.54, 1.807) is 4.68 Å². The summed E-state index contributed by atoms with van der Waals surface area (Å²) in [4.78, 5) is 14.4. The molecule has 1 unspecified atom stereocenters. The molecule has 0 saturated carbocycles. The Balaban J connectivity index is 2.84. The van der Waals surface area contributed by atoms with E-state index in [1.807, 2.05) is 39.8 Å². The van der Waals surface area contributed by atoms with Crippen molar-refractivity contribution in [3.63, 3.8) is 0 Å². The van der Waals surface area contributed by atoms with Gasteiger partial charge in [-0.05, 0) is 19.5 Å². The lowest BCUT2D eigenvalue weighted by molar-refractivity contribution is 0.0942. The van der Waals surface area contributed by atoms with Crippen LogP contribution in [0.3, 0.4) is 0 Å². The number of ketones is 1. The summed E-state index contributed by atoms with van der Waals surface area (Å²) in [6.07, 6.45) is 1.80. The molecule has 1 aromatic heterocycles. The van der Waals surface area contributed by atoms with Gasteiger partial charge in [0, 0.05) is 19.0 Å². The van der Waals surface area contributed by atoms with Gasteiger partial charge in [-0.2, -0.15) is 5.10 Å². The van der Waals surface area contributed by atoms with Crippen LogP contribution < -0.4 is 5.73 Å². The maximum atomic E-state index is 12.4. The SMILES string of the molecule is CN(C)CCn1ncc(Cl)c1C(=O)CC(N)C(C)(C)C. The van der Waals surface area contributed by atoms with Crippen molar-refractivity contribution in [3.05, 3.63) is 16.9 Å². The van der Waals surface area contributed by atoms with Crippen LogP contribution in [0.15, 0.2) is 6.20 Å². The van der Waals surface area contributed by atoms with Crippen molar-refractivity contribution in [1.29, 1.82) is 0 Å². The van der Waals surface area contributed by atoms with Gasteiger partial charge in [-0.25, -0.2) is 0 Å². The highest BCUT2D eigenvalue weighted by Crippen LogP contribution is 2.23. The number of nitrogens with zero attached hydrogens (tertiary/aromatic N) is 3. The number of Topliss-reactive ketones (excluding diaryl/α,β-unsaturated/α-hetero) is 1. The lowest BCUT2D eigenvalue weighted by Crippen LogP contribution is -2.37. The number of hydrogen-bond donors (Lipinski definition) is 1. The quantitative estimate of drug-likeness (QED) is 0.817. The Hall–Kier alpha value is -0.910. The molecule has 0 aliphatic heterocycles. The zero-order chi connectivity index (χ0) is 15.5. The van der Waals surface area contributed by atoms with Crippen molar-refractivity contribution >= 4 is 17.4 Å². The van der Waals surface area contributed by atoms with Crippen LogP contribution in [-0.2, 0) is 6.54 Å². The fraction of sp³-hybridized carbons (Fsp3) is 0.714. The van der Waals surface area contributed by atoms with Crippen LogP contribution in [0.2, 0.25) is 5.02 Å².